The summed E-state index contributed by atoms with van der Waals surface area (Å²) in [6, 6.07) is 28.9. The van der Waals surface area contributed by atoms with Crippen LogP contribution in [-0.2, 0) is 4.79 Å². The molecular weight excluding hydrogens is 377 g/mol. The molecule has 0 bridgehead atoms. The van der Waals surface area contributed by atoms with Crippen LogP contribution in [-0.4, -0.2) is 10.9 Å². The largest absolute Gasteiger partial charge is 0.340 e. The van der Waals surface area contributed by atoms with Crippen LogP contribution in [0.3, 0.4) is 0 Å². The molecule has 30 heavy (non-hydrogen) atoms. The van der Waals surface area contributed by atoms with Gasteiger partial charge >= 0.3 is 0 Å². The number of hydrogen-bond donors (Lipinski definition) is 2. The smallest absolute Gasteiger partial charge is 0.236 e. The first-order chi connectivity index (χ1) is 14.7. The third kappa shape index (κ3) is 4.70. The van der Waals surface area contributed by atoms with Gasteiger partial charge in [0.1, 0.15) is 11.6 Å². The van der Waals surface area contributed by atoms with Gasteiger partial charge in [0.25, 0.3) is 0 Å². The lowest BCUT2D eigenvalue weighted by molar-refractivity contribution is -0.116. The molecule has 0 atom stereocenters. The number of nitrogens with one attached hydrogen (secondary N) is 2. The Morgan fingerprint density at radius 2 is 1.30 bits per heavy atom. The van der Waals surface area contributed by atoms with Crippen molar-refractivity contribution in [3.63, 3.8) is 0 Å². The minimum atomic E-state index is -0.426. The molecule has 0 fully saturated rings. The molecule has 0 aliphatic carbocycles. The van der Waals surface area contributed by atoms with Crippen molar-refractivity contribution in [2.75, 3.05) is 10.6 Å². The van der Waals surface area contributed by atoms with Gasteiger partial charge in [-0.2, -0.15) is 0 Å². The topological polar surface area (TPSA) is 54.0 Å². The molecular formula is C25H20FN3O. The van der Waals surface area contributed by atoms with Crippen molar-refractivity contribution < 1.29 is 9.18 Å². The van der Waals surface area contributed by atoms with Crippen molar-refractivity contribution in [1.29, 1.82) is 0 Å². The highest BCUT2D eigenvalue weighted by Crippen LogP contribution is 2.26. The first-order valence-corrected chi connectivity index (χ1v) is 9.58. The van der Waals surface area contributed by atoms with E-state index in [0.29, 0.717) is 11.5 Å². The molecule has 0 aliphatic rings. The van der Waals surface area contributed by atoms with E-state index in [1.807, 2.05) is 60.7 Å². The molecule has 5 heteroatoms. The van der Waals surface area contributed by atoms with Crippen molar-refractivity contribution >= 4 is 23.1 Å². The average Bonchev–Trinajstić information content (AvgIpc) is 2.78. The number of carbonyl (C=O) groups excluding carboxylic acids is 1. The van der Waals surface area contributed by atoms with Crippen LogP contribution in [0.4, 0.5) is 21.6 Å². The van der Waals surface area contributed by atoms with Gasteiger partial charge in [-0.05, 0) is 47.5 Å². The normalized spacial score (nSPS) is 10.6. The summed E-state index contributed by atoms with van der Waals surface area (Å²) in [4.78, 5) is 17.5. The van der Waals surface area contributed by atoms with Gasteiger partial charge in [-0.3, -0.25) is 4.79 Å². The molecule has 1 amide bonds. The van der Waals surface area contributed by atoms with E-state index in [0.717, 1.165) is 16.8 Å². The number of rotatable bonds is 6. The fourth-order valence-electron chi connectivity index (χ4n) is 3.22. The van der Waals surface area contributed by atoms with Crippen LogP contribution in [0.25, 0.3) is 0 Å². The monoisotopic (exact) mass is 397 g/mol. The van der Waals surface area contributed by atoms with Crippen LogP contribution in [0.5, 0.6) is 0 Å². The van der Waals surface area contributed by atoms with Gasteiger partial charge in [0.05, 0.1) is 17.8 Å². The third-order valence-electron chi connectivity index (χ3n) is 4.68. The van der Waals surface area contributed by atoms with Gasteiger partial charge < -0.3 is 10.6 Å². The van der Waals surface area contributed by atoms with Gasteiger partial charge in [-0.1, -0.05) is 60.7 Å². The maximum Gasteiger partial charge on any atom is 0.236 e. The van der Waals surface area contributed by atoms with Crippen LogP contribution in [0.2, 0.25) is 0 Å². The molecule has 4 nitrogen and oxygen atoms in total. The van der Waals surface area contributed by atoms with E-state index in [1.54, 1.807) is 30.5 Å². The van der Waals surface area contributed by atoms with E-state index >= 15 is 0 Å². The minimum absolute atomic E-state index is 0.131. The summed E-state index contributed by atoms with van der Waals surface area (Å²) < 4.78 is 13.0. The zero-order valence-electron chi connectivity index (χ0n) is 16.1. The summed E-state index contributed by atoms with van der Waals surface area (Å²) in [5.41, 5.74) is 3.17. The zero-order chi connectivity index (χ0) is 20.8. The molecule has 0 radical (unpaired) electrons. The quantitative estimate of drug-likeness (QED) is 0.437. The summed E-state index contributed by atoms with van der Waals surface area (Å²) in [7, 11) is 0. The summed E-state index contributed by atoms with van der Waals surface area (Å²) in [6.07, 6.45) is 1.59. The summed E-state index contributed by atoms with van der Waals surface area (Å²) >= 11 is 0. The van der Waals surface area contributed by atoms with Gasteiger partial charge in [-0.25, -0.2) is 9.37 Å². The van der Waals surface area contributed by atoms with E-state index in [9.17, 15) is 9.18 Å². The molecule has 0 aliphatic heterocycles. The molecule has 4 aromatic rings. The minimum Gasteiger partial charge on any atom is -0.340 e. The number of halogens is 1. The molecule has 1 heterocycles. The van der Waals surface area contributed by atoms with Crippen LogP contribution < -0.4 is 10.6 Å². The number of carbonyl (C=O) groups is 1. The van der Waals surface area contributed by atoms with E-state index in [2.05, 4.69) is 15.6 Å². The maximum absolute atomic E-state index is 13.1. The first kappa shape index (κ1) is 19.3. The lowest BCUT2D eigenvalue weighted by atomic mass is 9.90. The number of amides is 1. The Morgan fingerprint density at radius 3 is 1.83 bits per heavy atom. The van der Waals surface area contributed by atoms with E-state index in [-0.39, 0.29) is 11.7 Å². The number of nitrogens with zero attached hydrogens (tertiary/aromatic N) is 1. The number of aromatic nitrogens is 1. The zero-order valence-corrected chi connectivity index (χ0v) is 16.1. The van der Waals surface area contributed by atoms with Crippen LogP contribution in [0.1, 0.15) is 17.0 Å². The van der Waals surface area contributed by atoms with Gasteiger partial charge in [0, 0.05) is 5.69 Å². The third-order valence-corrected chi connectivity index (χ3v) is 4.68. The van der Waals surface area contributed by atoms with Crippen molar-refractivity contribution in [3.8, 4) is 0 Å². The van der Waals surface area contributed by atoms with Crippen LogP contribution >= 0.6 is 0 Å². The SMILES string of the molecule is O=C(Nc1ccc(Nc2ccc(F)cc2)nc1)C(c1ccccc1)c1ccccc1. The molecule has 0 unspecified atom stereocenters. The molecule has 0 saturated carbocycles. The maximum atomic E-state index is 13.1. The molecule has 1 aromatic heterocycles. The molecule has 0 spiro atoms. The number of benzene rings is 3. The number of hydrogen-bond acceptors (Lipinski definition) is 3. The predicted octanol–water partition coefficient (Wildman–Crippen LogP) is 5.73. The summed E-state index contributed by atoms with van der Waals surface area (Å²) in [5.74, 6) is -0.252. The van der Waals surface area contributed by atoms with Crippen molar-refractivity contribution in [2.24, 2.45) is 0 Å². The lowest BCUT2D eigenvalue weighted by Crippen LogP contribution is -2.22. The van der Waals surface area contributed by atoms with Crippen molar-refractivity contribution in [1.82, 2.24) is 4.98 Å². The summed E-state index contributed by atoms with van der Waals surface area (Å²) in [5, 5.41) is 6.05. The average molecular weight is 397 g/mol. The lowest BCUT2D eigenvalue weighted by Gasteiger charge is -2.18. The highest BCUT2D eigenvalue weighted by Gasteiger charge is 2.22. The Hall–Kier alpha value is -3.99. The molecule has 4 rings (SSSR count). The Morgan fingerprint density at radius 1 is 0.733 bits per heavy atom. The number of pyridine rings is 1. The number of anilines is 3. The highest BCUT2D eigenvalue weighted by molar-refractivity contribution is 5.98. The second-order valence-corrected chi connectivity index (χ2v) is 6.81. The fraction of sp³-hybridized carbons (Fsp3) is 0.0400. The van der Waals surface area contributed by atoms with Crippen molar-refractivity contribution in [2.45, 2.75) is 5.92 Å². The molecule has 2 N–H and O–H groups in total. The van der Waals surface area contributed by atoms with E-state index in [1.165, 1.54) is 12.1 Å². The summed E-state index contributed by atoms with van der Waals surface area (Å²) in [6.45, 7) is 0. The Balaban J connectivity index is 1.50. The highest BCUT2D eigenvalue weighted by atomic mass is 19.1. The van der Waals surface area contributed by atoms with E-state index in [4.69, 9.17) is 0 Å². The van der Waals surface area contributed by atoms with Gasteiger partial charge in [-0.15, -0.1) is 0 Å². The Kier molecular flexibility index (Phi) is 5.80. The second-order valence-electron chi connectivity index (χ2n) is 6.81. The molecule has 0 saturated heterocycles. The van der Waals surface area contributed by atoms with Crippen LogP contribution in [0, 0.1) is 5.82 Å². The molecule has 3 aromatic carbocycles. The van der Waals surface area contributed by atoms with Crippen LogP contribution in [0.15, 0.2) is 103 Å². The molecule has 148 valence electrons. The Bertz CT molecular complexity index is 1060. The second kappa shape index (κ2) is 9.01. The predicted molar refractivity (Wildman–Crippen MR) is 117 cm³/mol. The fourth-order valence-corrected chi connectivity index (χ4v) is 3.22. The van der Waals surface area contributed by atoms with Gasteiger partial charge in [0.15, 0.2) is 0 Å². The van der Waals surface area contributed by atoms with Gasteiger partial charge in [0.2, 0.25) is 5.91 Å². The van der Waals surface area contributed by atoms with Crippen molar-refractivity contribution in [3.05, 3.63) is 120 Å². The Labute approximate surface area is 174 Å². The van der Waals surface area contributed by atoms with E-state index < -0.39 is 5.92 Å². The standard InChI is InChI=1S/C25H20FN3O/c26-20-11-13-21(14-12-20)28-23-16-15-22(17-27-23)29-25(30)24(18-7-3-1-4-8-18)19-9-5-2-6-10-19/h1-17,24H,(H,27,28)(H,29,30). The first-order valence-electron chi connectivity index (χ1n) is 9.58.